The van der Waals surface area contributed by atoms with Gasteiger partial charge in [-0.25, -0.2) is 8.78 Å². The zero-order valence-corrected chi connectivity index (χ0v) is 8.78. The molecule has 0 aliphatic rings. The van der Waals surface area contributed by atoms with Crippen LogP contribution in [0.4, 0.5) is 17.6 Å². The molecule has 0 rings (SSSR count). The van der Waals surface area contributed by atoms with Crippen LogP contribution in [-0.2, 0) is 9.53 Å². The highest BCUT2D eigenvalue weighted by molar-refractivity contribution is 7.80. The van der Waals surface area contributed by atoms with Crippen molar-refractivity contribution >= 4 is 18.6 Å². The lowest BCUT2D eigenvalue weighted by Gasteiger charge is -2.14. The lowest BCUT2D eigenvalue weighted by molar-refractivity contribution is -0.179. The maximum Gasteiger partial charge on any atom is 0.340 e. The minimum absolute atomic E-state index is 0.0557. The first-order valence-electron chi connectivity index (χ1n) is 4.32. The van der Waals surface area contributed by atoms with Gasteiger partial charge in [-0.2, -0.15) is 21.4 Å². The molecule has 0 amide bonds. The molecule has 0 heterocycles. The van der Waals surface area contributed by atoms with Gasteiger partial charge in [0.15, 0.2) is 6.61 Å². The highest BCUT2D eigenvalue weighted by Crippen LogP contribution is 2.23. The predicted molar refractivity (Wildman–Crippen MR) is 49.6 cm³/mol. The molecule has 0 aromatic rings. The van der Waals surface area contributed by atoms with E-state index in [0.717, 1.165) is 0 Å². The van der Waals surface area contributed by atoms with Gasteiger partial charge in [-0.15, -0.1) is 0 Å². The zero-order chi connectivity index (χ0) is 11.9. The number of hydrogen-bond donors (Lipinski definition) is 1. The molecule has 0 spiro atoms. The third-order valence-electron chi connectivity index (χ3n) is 1.53. The second-order valence-corrected chi connectivity index (χ2v) is 3.35. The van der Waals surface area contributed by atoms with Crippen molar-refractivity contribution in [2.24, 2.45) is 0 Å². The molecule has 0 saturated carbocycles. The van der Waals surface area contributed by atoms with E-state index in [1.807, 2.05) is 0 Å². The summed E-state index contributed by atoms with van der Waals surface area (Å²) < 4.78 is 51.8. The minimum Gasteiger partial charge on any atom is -0.459 e. The van der Waals surface area contributed by atoms with Gasteiger partial charge in [0.2, 0.25) is 0 Å². The van der Waals surface area contributed by atoms with Crippen LogP contribution in [0.3, 0.4) is 0 Å². The Bertz CT molecular complexity index is 199. The highest BCUT2D eigenvalue weighted by atomic mass is 32.1. The van der Waals surface area contributed by atoms with E-state index in [0.29, 0.717) is 18.6 Å². The summed E-state index contributed by atoms with van der Waals surface area (Å²) in [5, 5.41) is 0. The highest BCUT2D eigenvalue weighted by Gasteiger charge is 2.42. The second-order valence-electron chi connectivity index (χ2n) is 2.90. The summed E-state index contributed by atoms with van der Waals surface area (Å²) in [6.07, 6.45) is -2.78. The van der Waals surface area contributed by atoms with Crippen molar-refractivity contribution in [1.29, 1.82) is 0 Å². The van der Waals surface area contributed by atoms with Gasteiger partial charge in [0.1, 0.15) is 0 Å². The number of rotatable bonds is 7. The van der Waals surface area contributed by atoms with E-state index in [4.69, 9.17) is 0 Å². The molecule has 0 bridgehead atoms. The van der Waals surface area contributed by atoms with Gasteiger partial charge in [0, 0.05) is 6.42 Å². The van der Waals surface area contributed by atoms with Crippen LogP contribution in [-0.4, -0.2) is 30.7 Å². The van der Waals surface area contributed by atoms with Crippen LogP contribution in [0.15, 0.2) is 0 Å². The van der Waals surface area contributed by atoms with Crippen LogP contribution in [0.2, 0.25) is 0 Å². The second kappa shape index (κ2) is 6.92. The van der Waals surface area contributed by atoms with Crippen LogP contribution in [0.5, 0.6) is 0 Å². The van der Waals surface area contributed by atoms with Crippen molar-refractivity contribution in [2.75, 3.05) is 12.4 Å². The Morgan fingerprint density at radius 2 is 1.93 bits per heavy atom. The molecule has 0 saturated heterocycles. The third-order valence-corrected chi connectivity index (χ3v) is 1.85. The standard InChI is InChI=1S/C8H12F4O2S/c9-7(10)8(11,12)5-14-6(13)3-1-2-4-15/h7,15H,1-5H2. The molecule has 0 N–H and O–H groups in total. The predicted octanol–water partition coefficient (Wildman–Crippen LogP) is 2.53. The number of unbranched alkanes of at least 4 members (excludes halogenated alkanes) is 1. The van der Waals surface area contributed by atoms with Crippen LogP contribution in [0, 0.1) is 0 Å². The number of esters is 1. The molecule has 0 aliphatic heterocycles. The van der Waals surface area contributed by atoms with Gasteiger partial charge in [0.05, 0.1) is 0 Å². The normalized spacial score (nSPS) is 11.9. The quantitative estimate of drug-likeness (QED) is 0.324. The molecule has 0 aromatic heterocycles. The first-order chi connectivity index (χ1) is 6.90. The molecule has 15 heavy (non-hydrogen) atoms. The van der Waals surface area contributed by atoms with E-state index in [9.17, 15) is 22.4 Å². The molecule has 0 unspecified atom stereocenters. The van der Waals surface area contributed by atoms with E-state index >= 15 is 0 Å². The van der Waals surface area contributed by atoms with Crippen LogP contribution in [0.25, 0.3) is 0 Å². The molecule has 7 heteroatoms. The molecular weight excluding hydrogens is 236 g/mol. The number of carbonyl (C=O) groups excluding carboxylic acids is 1. The van der Waals surface area contributed by atoms with E-state index in [2.05, 4.69) is 17.4 Å². The van der Waals surface area contributed by atoms with Crippen molar-refractivity contribution in [2.45, 2.75) is 31.6 Å². The van der Waals surface area contributed by atoms with Crippen molar-refractivity contribution in [3.05, 3.63) is 0 Å². The largest absolute Gasteiger partial charge is 0.459 e. The molecule has 0 fully saturated rings. The number of ether oxygens (including phenoxy) is 1. The summed E-state index contributed by atoms with van der Waals surface area (Å²) in [5.74, 6) is -4.59. The molecule has 0 atom stereocenters. The van der Waals surface area contributed by atoms with Gasteiger partial charge in [-0.05, 0) is 18.6 Å². The SMILES string of the molecule is O=C(CCCCS)OCC(F)(F)C(F)F. The fraction of sp³-hybridized carbons (Fsp3) is 0.875. The summed E-state index contributed by atoms with van der Waals surface area (Å²) in [6, 6.07) is 0. The Hall–Kier alpha value is -0.460. The van der Waals surface area contributed by atoms with Crippen LogP contribution in [0.1, 0.15) is 19.3 Å². The first-order valence-corrected chi connectivity index (χ1v) is 4.96. The Morgan fingerprint density at radius 1 is 1.33 bits per heavy atom. The van der Waals surface area contributed by atoms with E-state index in [1.165, 1.54) is 0 Å². The van der Waals surface area contributed by atoms with E-state index in [1.54, 1.807) is 0 Å². The van der Waals surface area contributed by atoms with Crippen molar-refractivity contribution in [3.8, 4) is 0 Å². The number of carbonyl (C=O) groups is 1. The number of halogens is 4. The van der Waals surface area contributed by atoms with Crippen molar-refractivity contribution < 1.29 is 27.1 Å². The fourth-order valence-electron chi connectivity index (χ4n) is 0.693. The topological polar surface area (TPSA) is 26.3 Å². The molecule has 2 nitrogen and oxygen atoms in total. The average molecular weight is 248 g/mol. The molecule has 0 aliphatic carbocycles. The summed E-state index contributed by atoms with van der Waals surface area (Å²) >= 11 is 3.88. The Labute approximate surface area is 90.4 Å². The number of thiol groups is 1. The van der Waals surface area contributed by atoms with Gasteiger partial charge in [-0.3, -0.25) is 4.79 Å². The lowest BCUT2D eigenvalue weighted by atomic mass is 10.2. The van der Waals surface area contributed by atoms with Crippen LogP contribution >= 0.6 is 12.6 Å². The van der Waals surface area contributed by atoms with Crippen molar-refractivity contribution in [1.82, 2.24) is 0 Å². The zero-order valence-electron chi connectivity index (χ0n) is 7.89. The minimum atomic E-state index is -4.26. The summed E-state index contributed by atoms with van der Waals surface area (Å²) in [5.41, 5.74) is 0. The maximum absolute atomic E-state index is 12.3. The smallest absolute Gasteiger partial charge is 0.340 e. The number of hydrogen-bond acceptors (Lipinski definition) is 3. The first kappa shape index (κ1) is 14.5. The van der Waals surface area contributed by atoms with Crippen LogP contribution < -0.4 is 0 Å². The monoisotopic (exact) mass is 248 g/mol. The Balaban J connectivity index is 3.71. The van der Waals surface area contributed by atoms with Crippen molar-refractivity contribution in [3.63, 3.8) is 0 Å². The summed E-state index contributed by atoms with van der Waals surface area (Å²) in [7, 11) is 0. The fourth-order valence-corrected chi connectivity index (χ4v) is 0.917. The molecular formula is C8H12F4O2S. The lowest BCUT2D eigenvalue weighted by Crippen LogP contribution is -2.33. The van der Waals surface area contributed by atoms with Gasteiger partial charge in [0.25, 0.3) is 0 Å². The summed E-state index contributed by atoms with van der Waals surface area (Å²) in [4.78, 5) is 10.8. The molecule has 0 radical (unpaired) electrons. The van der Waals surface area contributed by atoms with Gasteiger partial charge >= 0.3 is 18.3 Å². The Morgan fingerprint density at radius 3 is 2.40 bits per heavy atom. The Kier molecular flexibility index (Phi) is 6.71. The van der Waals surface area contributed by atoms with E-state index < -0.39 is 24.9 Å². The average Bonchev–Trinajstić information content (AvgIpc) is 2.15. The summed E-state index contributed by atoms with van der Waals surface area (Å²) in [6.45, 7) is -1.57. The number of alkyl halides is 4. The molecule has 90 valence electrons. The van der Waals surface area contributed by atoms with Gasteiger partial charge in [-0.1, -0.05) is 0 Å². The van der Waals surface area contributed by atoms with Gasteiger partial charge < -0.3 is 4.74 Å². The molecule has 0 aromatic carbocycles. The third kappa shape index (κ3) is 6.59. The maximum atomic E-state index is 12.3. The van der Waals surface area contributed by atoms with E-state index in [-0.39, 0.29) is 6.42 Å².